The summed E-state index contributed by atoms with van der Waals surface area (Å²) in [5, 5.41) is 2.85. The van der Waals surface area contributed by atoms with Gasteiger partial charge in [0.25, 0.3) is 0 Å². The van der Waals surface area contributed by atoms with Crippen molar-refractivity contribution in [1.82, 2.24) is 0 Å². The molecule has 0 fully saturated rings. The molecule has 72 valence electrons. The predicted octanol–water partition coefficient (Wildman–Crippen LogP) is 3.68. The van der Waals surface area contributed by atoms with Gasteiger partial charge in [0.1, 0.15) is 0 Å². The van der Waals surface area contributed by atoms with Gasteiger partial charge in [-0.05, 0) is 12.8 Å². The molecule has 0 aliphatic heterocycles. The first kappa shape index (κ1) is 11.8. The summed E-state index contributed by atoms with van der Waals surface area (Å²) >= 11 is 0. The molecule has 0 amide bonds. The molecule has 0 unspecified atom stereocenters. The molecule has 0 aromatic heterocycles. The monoisotopic (exact) mass is 351 g/mol. The molecule has 14 heavy (non-hydrogen) atoms. The molecule has 0 radical (unpaired) electrons. The van der Waals surface area contributed by atoms with E-state index in [0.29, 0.717) is 0 Å². The SMILES string of the molecule is CCc1cc2c(CC)cccc2[cH-]1.[Hf]. The standard InChI is InChI=1S/C13H15.Hf/c1-3-10-8-12-7-5-6-11(4-2)13(12)9-10;/h5-9H,3-4H2,1-2H3;/q-1;. The van der Waals surface area contributed by atoms with Gasteiger partial charge in [-0.25, -0.2) is 0 Å². The molecule has 0 N–H and O–H groups in total. The van der Waals surface area contributed by atoms with Gasteiger partial charge in [-0.15, -0.1) is 34.5 Å². The first-order valence-corrected chi connectivity index (χ1v) is 5.02. The summed E-state index contributed by atoms with van der Waals surface area (Å²) in [5.74, 6) is 0. The third kappa shape index (κ3) is 2.03. The van der Waals surface area contributed by atoms with Gasteiger partial charge in [-0.1, -0.05) is 25.5 Å². The molecule has 2 rings (SSSR count). The molecule has 0 aliphatic rings. The molecule has 1 heteroatoms. The van der Waals surface area contributed by atoms with Crippen LogP contribution in [0.4, 0.5) is 0 Å². The maximum absolute atomic E-state index is 2.33. The number of hydrogen-bond acceptors (Lipinski definition) is 0. The quantitative estimate of drug-likeness (QED) is 0.573. The van der Waals surface area contributed by atoms with E-state index >= 15 is 0 Å². The van der Waals surface area contributed by atoms with Crippen molar-refractivity contribution in [3.63, 3.8) is 0 Å². The fourth-order valence-corrected chi connectivity index (χ4v) is 1.87. The van der Waals surface area contributed by atoms with E-state index in [0.717, 1.165) is 12.8 Å². The first-order valence-electron chi connectivity index (χ1n) is 5.02. The summed E-state index contributed by atoms with van der Waals surface area (Å²) in [6.45, 7) is 4.42. The Bertz CT molecular complexity index is 412. The van der Waals surface area contributed by atoms with E-state index < -0.39 is 0 Å². The molecule has 0 heterocycles. The fraction of sp³-hybridized carbons (Fsp3) is 0.308. The molecule has 0 aliphatic carbocycles. The minimum Gasteiger partial charge on any atom is -0.165 e. The maximum Gasteiger partial charge on any atom is 0 e. The predicted molar refractivity (Wildman–Crippen MR) is 58.3 cm³/mol. The van der Waals surface area contributed by atoms with Crippen LogP contribution in [0, 0.1) is 0 Å². The van der Waals surface area contributed by atoms with E-state index in [1.165, 1.54) is 21.9 Å². The van der Waals surface area contributed by atoms with E-state index in [1.54, 1.807) is 0 Å². The second-order valence-electron chi connectivity index (χ2n) is 3.49. The molecule has 0 bridgehead atoms. The van der Waals surface area contributed by atoms with Crippen LogP contribution in [0.3, 0.4) is 0 Å². The molecule has 0 atom stereocenters. The van der Waals surface area contributed by atoms with E-state index in [9.17, 15) is 0 Å². The second-order valence-corrected chi connectivity index (χ2v) is 3.49. The smallest absolute Gasteiger partial charge is 0 e. The Morgan fingerprint density at radius 1 is 1.14 bits per heavy atom. The number of fused-ring (bicyclic) bond motifs is 1. The molecule has 2 aromatic rings. The minimum absolute atomic E-state index is 0. The Morgan fingerprint density at radius 2 is 1.93 bits per heavy atom. The van der Waals surface area contributed by atoms with Gasteiger partial charge in [0.05, 0.1) is 0 Å². The van der Waals surface area contributed by atoms with Crippen molar-refractivity contribution in [2.24, 2.45) is 0 Å². The summed E-state index contributed by atoms with van der Waals surface area (Å²) in [6.07, 6.45) is 2.27. The van der Waals surface area contributed by atoms with Crippen molar-refractivity contribution < 1.29 is 25.8 Å². The van der Waals surface area contributed by atoms with Crippen molar-refractivity contribution >= 4 is 10.8 Å². The normalized spacial score (nSPS) is 10.1. The summed E-state index contributed by atoms with van der Waals surface area (Å²) < 4.78 is 0. The third-order valence-electron chi connectivity index (χ3n) is 2.69. The van der Waals surface area contributed by atoms with Crippen LogP contribution in [0.1, 0.15) is 25.0 Å². The van der Waals surface area contributed by atoms with Crippen LogP contribution in [0.25, 0.3) is 10.8 Å². The van der Waals surface area contributed by atoms with Crippen LogP contribution in [0.15, 0.2) is 30.3 Å². The Kier molecular flexibility index (Phi) is 4.18. The van der Waals surface area contributed by atoms with E-state index in [4.69, 9.17) is 0 Å². The zero-order valence-electron chi connectivity index (χ0n) is 8.80. The Balaban J connectivity index is 0.000000980. The van der Waals surface area contributed by atoms with Crippen LogP contribution >= 0.6 is 0 Å². The van der Waals surface area contributed by atoms with Gasteiger partial charge < -0.3 is 0 Å². The van der Waals surface area contributed by atoms with Crippen LogP contribution in [-0.4, -0.2) is 0 Å². The summed E-state index contributed by atoms with van der Waals surface area (Å²) in [7, 11) is 0. The fourth-order valence-electron chi connectivity index (χ4n) is 1.87. The van der Waals surface area contributed by atoms with Crippen LogP contribution in [0.5, 0.6) is 0 Å². The zero-order chi connectivity index (χ0) is 9.26. The van der Waals surface area contributed by atoms with Gasteiger partial charge in [-0.2, -0.15) is 6.07 Å². The van der Waals surface area contributed by atoms with Gasteiger partial charge in [-0.3, -0.25) is 0 Å². The molecular weight excluding hydrogens is 335 g/mol. The van der Waals surface area contributed by atoms with Crippen LogP contribution in [0.2, 0.25) is 0 Å². The van der Waals surface area contributed by atoms with Crippen molar-refractivity contribution in [3.05, 3.63) is 41.5 Å². The van der Waals surface area contributed by atoms with E-state index in [2.05, 4.69) is 44.2 Å². The average molecular weight is 350 g/mol. The topological polar surface area (TPSA) is 0 Å². The summed E-state index contributed by atoms with van der Waals surface area (Å²) in [4.78, 5) is 0. The Labute approximate surface area is 104 Å². The van der Waals surface area contributed by atoms with Crippen LogP contribution < -0.4 is 0 Å². The van der Waals surface area contributed by atoms with Gasteiger partial charge in [0.2, 0.25) is 0 Å². The van der Waals surface area contributed by atoms with Gasteiger partial charge >= 0.3 is 0 Å². The largest absolute Gasteiger partial charge is 0.165 e. The van der Waals surface area contributed by atoms with Crippen molar-refractivity contribution in [1.29, 1.82) is 0 Å². The zero-order valence-corrected chi connectivity index (χ0v) is 12.4. The maximum atomic E-state index is 2.33. The number of aryl methyl sites for hydroxylation is 2. The Morgan fingerprint density at radius 3 is 2.57 bits per heavy atom. The molecule has 0 nitrogen and oxygen atoms in total. The van der Waals surface area contributed by atoms with E-state index in [-0.39, 0.29) is 25.8 Å². The van der Waals surface area contributed by atoms with Gasteiger partial charge in [0.15, 0.2) is 0 Å². The molecule has 0 saturated heterocycles. The summed E-state index contributed by atoms with van der Waals surface area (Å²) in [5.41, 5.74) is 2.92. The van der Waals surface area contributed by atoms with Crippen LogP contribution in [-0.2, 0) is 38.7 Å². The van der Waals surface area contributed by atoms with Crippen molar-refractivity contribution in [2.75, 3.05) is 0 Å². The minimum atomic E-state index is 0. The average Bonchev–Trinajstić information content (AvgIpc) is 2.59. The number of benzene rings is 1. The molecular formula is C13H15Hf-. The number of hydrogen-bond donors (Lipinski definition) is 0. The van der Waals surface area contributed by atoms with E-state index in [1.807, 2.05) is 0 Å². The van der Waals surface area contributed by atoms with Crippen molar-refractivity contribution in [3.8, 4) is 0 Å². The molecule has 0 spiro atoms. The Hall–Kier alpha value is -0.300. The summed E-state index contributed by atoms with van der Waals surface area (Å²) in [6, 6.07) is 11.2. The van der Waals surface area contributed by atoms with Crippen molar-refractivity contribution in [2.45, 2.75) is 26.7 Å². The second kappa shape index (κ2) is 4.97. The number of rotatable bonds is 2. The first-order chi connectivity index (χ1) is 6.35. The molecule has 2 aromatic carbocycles. The third-order valence-corrected chi connectivity index (χ3v) is 2.69. The molecule has 0 saturated carbocycles. The van der Waals surface area contributed by atoms with Gasteiger partial charge in [0, 0.05) is 25.8 Å².